The molecule has 1 saturated heterocycles. The Kier molecular flexibility index (Phi) is 15.3. The molecular formula is C52H67N9O5. The lowest BCUT2D eigenvalue weighted by Gasteiger charge is -2.46. The molecule has 14 heteroatoms. The molecule has 2 aliphatic heterocycles. The van der Waals surface area contributed by atoms with E-state index in [9.17, 15) is 24.0 Å². The van der Waals surface area contributed by atoms with E-state index in [0.717, 1.165) is 71.6 Å². The number of aromatic nitrogens is 2. The summed E-state index contributed by atoms with van der Waals surface area (Å²) >= 11 is 0. The van der Waals surface area contributed by atoms with Gasteiger partial charge in [-0.2, -0.15) is 0 Å². The molecule has 1 fully saturated rings. The molecule has 0 bridgehead atoms. The highest BCUT2D eigenvalue weighted by Gasteiger charge is 2.43. The Morgan fingerprint density at radius 3 is 2.17 bits per heavy atom. The maximum Gasteiger partial charge on any atom is 0.317 e. The number of carbonyl (C=O) groups excluding carboxylic acids is 5. The Balaban J connectivity index is 1.03. The van der Waals surface area contributed by atoms with Gasteiger partial charge in [-0.15, -0.1) is 0 Å². The number of likely N-dealkylation sites (N-methyl/N-ethyl adjacent to an activating group) is 1. The molecule has 3 aromatic carbocycles. The van der Waals surface area contributed by atoms with E-state index in [1.165, 1.54) is 4.90 Å². The van der Waals surface area contributed by atoms with E-state index in [1.807, 2.05) is 78.6 Å². The third-order valence-corrected chi connectivity index (χ3v) is 14.2. The minimum absolute atomic E-state index is 0.0551. The molecule has 0 spiro atoms. The maximum atomic E-state index is 13.9. The molecule has 1 atom stereocenters. The zero-order valence-electron chi connectivity index (χ0n) is 39.7. The fourth-order valence-corrected chi connectivity index (χ4v) is 9.53. The predicted octanol–water partition coefficient (Wildman–Crippen LogP) is 7.81. The molecule has 1 unspecified atom stereocenters. The standard InChI is InChI=1S/C52H67N9O5/c1-7-26-58(27-9-10-28-61-48(64)40-18-11-15-37-16-12-19-41(45(37)40)49(61)65)31-32-59-29-23-52(5,51(3,4)56-50(66)57(6)30-34-60(35-33-59)44(63)8-2)22-21-43(62)55-42-36-38-17-13-24-53-46(38)47-39(42)20-14-25-54-47/h11-20,24-25,36H,7-10,21-23,26-35H2,1-6H3,(H,55,62)(H,56,66). The SMILES string of the molecule is CCCN(CCCCN1C(=O)c2cccc3cccc(c23)C1=O)CCN1CCN(C(=O)CC)CCN(C)C(=O)NC(C)(C)C(C)(CCC(=O)Nc2cc3cccnc3c3ncccc23)CC1. The monoisotopic (exact) mass is 898 g/mol. The Morgan fingerprint density at radius 1 is 0.773 bits per heavy atom. The second-order valence-electron chi connectivity index (χ2n) is 18.8. The topological polar surface area (TPSA) is 151 Å². The minimum Gasteiger partial charge on any atom is -0.340 e. The van der Waals surface area contributed by atoms with Crippen molar-refractivity contribution in [2.75, 3.05) is 77.8 Å². The van der Waals surface area contributed by atoms with Crippen LogP contribution >= 0.6 is 0 Å². The number of nitrogens with one attached hydrogen (secondary N) is 2. The Morgan fingerprint density at radius 2 is 1.45 bits per heavy atom. The van der Waals surface area contributed by atoms with Gasteiger partial charge in [-0.25, -0.2) is 4.79 Å². The molecule has 0 saturated carbocycles. The van der Waals surface area contributed by atoms with Gasteiger partial charge in [0.15, 0.2) is 0 Å². The van der Waals surface area contributed by atoms with Crippen LogP contribution in [-0.2, 0) is 9.59 Å². The van der Waals surface area contributed by atoms with Gasteiger partial charge in [0.05, 0.1) is 16.7 Å². The van der Waals surface area contributed by atoms with Crippen molar-refractivity contribution >= 4 is 67.9 Å². The molecule has 14 nitrogen and oxygen atoms in total. The van der Waals surface area contributed by atoms with E-state index in [4.69, 9.17) is 0 Å². The van der Waals surface area contributed by atoms with Crippen molar-refractivity contribution < 1.29 is 24.0 Å². The van der Waals surface area contributed by atoms with Crippen LogP contribution in [0.3, 0.4) is 0 Å². The number of nitrogens with zero attached hydrogens (tertiary/aromatic N) is 7. The lowest BCUT2D eigenvalue weighted by atomic mass is 9.67. The number of fused-ring (bicyclic) bond motifs is 3. The number of rotatable bonds is 15. The molecular weight excluding hydrogens is 831 g/mol. The summed E-state index contributed by atoms with van der Waals surface area (Å²) in [7, 11) is 1.76. The molecule has 0 aliphatic carbocycles. The highest BCUT2D eigenvalue weighted by molar-refractivity contribution is 6.25. The number of carbonyl (C=O) groups is 5. The van der Waals surface area contributed by atoms with Crippen LogP contribution in [0.25, 0.3) is 32.6 Å². The fraction of sp³-hybridized carbons (Fsp3) is 0.481. The Hall–Kier alpha value is -5.99. The van der Waals surface area contributed by atoms with E-state index in [-0.39, 0.29) is 36.1 Å². The third kappa shape index (κ3) is 10.7. The van der Waals surface area contributed by atoms with Gasteiger partial charge in [-0.3, -0.25) is 34.0 Å². The molecule has 66 heavy (non-hydrogen) atoms. The van der Waals surface area contributed by atoms with Crippen LogP contribution in [-0.4, -0.2) is 142 Å². The van der Waals surface area contributed by atoms with Crippen LogP contribution in [0.5, 0.6) is 0 Å². The number of imide groups is 1. The van der Waals surface area contributed by atoms with Crippen molar-refractivity contribution in [1.29, 1.82) is 0 Å². The van der Waals surface area contributed by atoms with E-state index in [1.54, 1.807) is 24.3 Å². The molecule has 6 amide bonds. The van der Waals surface area contributed by atoms with Crippen LogP contribution in [0, 0.1) is 5.41 Å². The predicted molar refractivity (Wildman–Crippen MR) is 261 cm³/mol. The van der Waals surface area contributed by atoms with Crippen LogP contribution in [0.2, 0.25) is 0 Å². The molecule has 4 heterocycles. The number of hydrogen-bond donors (Lipinski definition) is 2. The summed E-state index contributed by atoms with van der Waals surface area (Å²) in [6, 6.07) is 20.6. The second kappa shape index (κ2) is 21.1. The quantitative estimate of drug-likeness (QED) is 0.0609. The third-order valence-electron chi connectivity index (χ3n) is 14.2. The molecule has 7 rings (SSSR count). The average molecular weight is 898 g/mol. The number of anilines is 1. The number of unbranched alkanes of at least 4 members (excludes halogenated alkanes) is 1. The summed E-state index contributed by atoms with van der Waals surface area (Å²) in [5.74, 6) is -0.525. The van der Waals surface area contributed by atoms with Crippen molar-refractivity contribution in [3.8, 4) is 0 Å². The molecule has 2 aromatic heterocycles. The summed E-state index contributed by atoms with van der Waals surface area (Å²) in [6.45, 7) is 16.7. The van der Waals surface area contributed by atoms with Crippen molar-refractivity contribution in [1.82, 2.24) is 39.8 Å². The van der Waals surface area contributed by atoms with Crippen LogP contribution in [0.1, 0.15) is 100 Å². The smallest absolute Gasteiger partial charge is 0.317 e. The Bertz CT molecular complexity index is 2530. The lowest BCUT2D eigenvalue weighted by Crippen LogP contribution is -2.58. The molecule has 0 radical (unpaired) electrons. The normalized spacial score (nSPS) is 18.7. The van der Waals surface area contributed by atoms with Crippen molar-refractivity contribution in [2.24, 2.45) is 5.41 Å². The van der Waals surface area contributed by atoms with Crippen molar-refractivity contribution in [3.63, 3.8) is 0 Å². The summed E-state index contributed by atoms with van der Waals surface area (Å²) in [5.41, 5.74) is 2.14. The van der Waals surface area contributed by atoms with Gasteiger partial charge < -0.3 is 30.2 Å². The van der Waals surface area contributed by atoms with Crippen molar-refractivity contribution in [2.45, 2.75) is 85.1 Å². The Labute approximate surface area is 389 Å². The highest BCUT2D eigenvalue weighted by atomic mass is 16.2. The largest absolute Gasteiger partial charge is 0.340 e. The molecule has 350 valence electrons. The number of urea groups is 1. The van der Waals surface area contributed by atoms with Crippen LogP contribution in [0.15, 0.2) is 79.1 Å². The first-order valence-corrected chi connectivity index (χ1v) is 23.8. The number of benzene rings is 3. The molecule has 5 aromatic rings. The number of hydrogen-bond acceptors (Lipinski definition) is 9. The molecule has 2 aliphatic rings. The van der Waals surface area contributed by atoms with Gasteiger partial charge in [0.2, 0.25) is 11.8 Å². The van der Waals surface area contributed by atoms with Gasteiger partial charge in [0.1, 0.15) is 0 Å². The number of pyridine rings is 2. The summed E-state index contributed by atoms with van der Waals surface area (Å²) in [5, 5.41) is 9.87. The second-order valence-corrected chi connectivity index (χ2v) is 18.8. The van der Waals surface area contributed by atoms with Crippen LogP contribution < -0.4 is 10.6 Å². The van der Waals surface area contributed by atoms with Gasteiger partial charge in [-0.05, 0) is 113 Å². The average Bonchev–Trinajstić information content (AvgIpc) is 3.32. The van der Waals surface area contributed by atoms with Crippen LogP contribution in [0.4, 0.5) is 10.5 Å². The van der Waals surface area contributed by atoms with E-state index >= 15 is 0 Å². The summed E-state index contributed by atoms with van der Waals surface area (Å²) in [4.78, 5) is 87.0. The van der Waals surface area contributed by atoms with Gasteiger partial charge in [0.25, 0.3) is 11.8 Å². The van der Waals surface area contributed by atoms with E-state index < -0.39 is 11.0 Å². The van der Waals surface area contributed by atoms with Gasteiger partial charge in [0, 0.05) is 111 Å². The van der Waals surface area contributed by atoms with E-state index in [2.05, 4.69) is 58.1 Å². The summed E-state index contributed by atoms with van der Waals surface area (Å²) < 4.78 is 0. The first-order chi connectivity index (χ1) is 31.7. The van der Waals surface area contributed by atoms with E-state index in [0.29, 0.717) is 81.8 Å². The summed E-state index contributed by atoms with van der Waals surface area (Å²) in [6.07, 6.45) is 7.80. The fourth-order valence-electron chi connectivity index (χ4n) is 9.53. The first-order valence-electron chi connectivity index (χ1n) is 23.8. The van der Waals surface area contributed by atoms with Gasteiger partial charge >= 0.3 is 6.03 Å². The van der Waals surface area contributed by atoms with Gasteiger partial charge in [-0.1, -0.05) is 51.1 Å². The minimum atomic E-state index is -0.706. The molecule has 2 N–H and O–H groups in total. The lowest BCUT2D eigenvalue weighted by molar-refractivity contribution is -0.131. The maximum absolute atomic E-state index is 13.9. The highest BCUT2D eigenvalue weighted by Crippen LogP contribution is 2.40. The zero-order chi connectivity index (χ0) is 47.0. The zero-order valence-corrected chi connectivity index (χ0v) is 39.7. The first kappa shape index (κ1) is 48.0. The number of amides is 6. The van der Waals surface area contributed by atoms with Crippen molar-refractivity contribution in [3.05, 3.63) is 90.3 Å².